The summed E-state index contributed by atoms with van der Waals surface area (Å²) >= 11 is 0. The van der Waals surface area contributed by atoms with Crippen LogP contribution >= 0.6 is 0 Å². The molecule has 1 saturated heterocycles. The number of halogens is 3. The Kier molecular flexibility index (Phi) is 6.46. The van der Waals surface area contributed by atoms with Crippen molar-refractivity contribution in [1.29, 1.82) is 0 Å². The van der Waals surface area contributed by atoms with Crippen LogP contribution in [-0.4, -0.2) is 41.7 Å². The van der Waals surface area contributed by atoms with Gasteiger partial charge in [0.05, 0.1) is 25.3 Å². The fourth-order valence-corrected chi connectivity index (χ4v) is 2.64. The van der Waals surface area contributed by atoms with Crippen LogP contribution in [0.3, 0.4) is 0 Å². The molecule has 0 radical (unpaired) electrons. The number of carbonyl (C=O) groups excluding carboxylic acids is 1. The zero-order valence-electron chi connectivity index (χ0n) is 15.9. The number of nitrogens with one attached hydrogen (secondary N) is 1. The number of carbonyl (C=O) groups is 1. The molecule has 0 saturated carbocycles. The van der Waals surface area contributed by atoms with E-state index in [-0.39, 0.29) is 18.0 Å². The Morgan fingerprint density at radius 2 is 1.93 bits per heavy atom. The molecule has 2 heterocycles. The topological polar surface area (TPSA) is 63.7 Å². The summed E-state index contributed by atoms with van der Waals surface area (Å²) in [6.45, 7) is 3.40. The molecule has 1 aromatic heterocycles. The van der Waals surface area contributed by atoms with Crippen molar-refractivity contribution in [2.24, 2.45) is 0 Å². The maximum Gasteiger partial charge on any atom is 0.417 e. The minimum Gasteiger partial charge on any atom is -0.494 e. The number of likely N-dealkylation sites (tertiary alicyclic amines) is 1. The number of alkyl halides is 3. The molecule has 1 N–H and O–H groups in total. The van der Waals surface area contributed by atoms with E-state index in [1.807, 2.05) is 0 Å². The maximum atomic E-state index is 12.5. The lowest BCUT2D eigenvalue weighted by Gasteiger charge is -2.38. The van der Waals surface area contributed by atoms with Gasteiger partial charge in [0.25, 0.3) is 0 Å². The van der Waals surface area contributed by atoms with Gasteiger partial charge in [-0.3, -0.25) is 0 Å². The first-order chi connectivity index (χ1) is 13.8. The molecule has 1 fully saturated rings. The summed E-state index contributed by atoms with van der Waals surface area (Å²) in [7, 11) is 0. The van der Waals surface area contributed by atoms with Crippen molar-refractivity contribution in [2.45, 2.75) is 32.0 Å². The minimum absolute atomic E-state index is 0.0988. The molecule has 1 aliphatic heterocycles. The fraction of sp³-hybridized carbons (Fsp3) is 0.400. The second kappa shape index (κ2) is 9.02. The van der Waals surface area contributed by atoms with Gasteiger partial charge >= 0.3 is 12.2 Å². The van der Waals surface area contributed by atoms with Crippen molar-refractivity contribution in [2.75, 3.05) is 25.0 Å². The van der Waals surface area contributed by atoms with Crippen LogP contribution in [0, 0.1) is 0 Å². The molecule has 2 aromatic rings. The molecular formula is C20H22F3N3O3. The molecule has 1 aromatic carbocycles. The largest absolute Gasteiger partial charge is 0.494 e. The van der Waals surface area contributed by atoms with Crippen LogP contribution in [0.5, 0.6) is 11.6 Å². The quantitative estimate of drug-likeness (QED) is 0.681. The number of hydrogen-bond acceptors (Lipinski definition) is 4. The van der Waals surface area contributed by atoms with Crippen LogP contribution in [-0.2, 0) is 6.18 Å². The normalized spacial score (nSPS) is 14.3. The Morgan fingerprint density at radius 1 is 1.21 bits per heavy atom. The van der Waals surface area contributed by atoms with Gasteiger partial charge in [-0.05, 0) is 36.8 Å². The van der Waals surface area contributed by atoms with Crippen LogP contribution in [0.2, 0.25) is 0 Å². The van der Waals surface area contributed by atoms with Gasteiger partial charge in [-0.15, -0.1) is 0 Å². The molecule has 2 amide bonds. The van der Waals surface area contributed by atoms with Gasteiger partial charge in [0.1, 0.15) is 11.9 Å². The van der Waals surface area contributed by atoms with Crippen LogP contribution in [0.4, 0.5) is 23.7 Å². The Morgan fingerprint density at radius 3 is 2.52 bits per heavy atom. The summed E-state index contributed by atoms with van der Waals surface area (Å²) in [4.78, 5) is 17.4. The Hall–Kier alpha value is -2.97. The summed E-state index contributed by atoms with van der Waals surface area (Å²) < 4.78 is 48.7. The number of aromatic nitrogens is 1. The van der Waals surface area contributed by atoms with Gasteiger partial charge in [0, 0.05) is 18.0 Å². The van der Waals surface area contributed by atoms with Crippen molar-refractivity contribution >= 4 is 11.7 Å². The summed E-state index contributed by atoms with van der Waals surface area (Å²) in [6, 6.07) is 8.94. The van der Waals surface area contributed by atoms with Gasteiger partial charge < -0.3 is 19.7 Å². The van der Waals surface area contributed by atoms with Crippen LogP contribution in [0.25, 0.3) is 0 Å². The van der Waals surface area contributed by atoms with Crippen LogP contribution in [0.1, 0.15) is 25.3 Å². The van der Waals surface area contributed by atoms with Gasteiger partial charge in [-0.25, -0.2) is 9.78 Å². The number of ether oxygens (including phenoxy) is 2. The van der Waals surface area contributed by atoms with Gasteiger partial charge in [-0.2, -0.15) is 13.2 Å². The fourth-order valence-electron chi connectivity index (χ4n) is 2.64. The minimum atomic E-state index is -4.43. The first kappa shape index (κ1) is 20.8. The Bertz CT molecular complexity index is 804. The summed E-state index contributed by atoms with van der Waals surface area (Å²) in [6.07, 6.45) is -1.97. The third-order valence-corrected chi connectivity index (χ3v) is 4.36. The van der Waals surface area contributed by atoms with Crippen molar-refractivity contribution in [1.82, 2.24) is 9.88 Å². The number of amides is 2. The predicted octanol–water partition coefficient (Wildman–Crippen LogP) is 4.57. The summed E-state index contributed by atoms with van der Waals surface area (Å²) in [5.41, 5.74) is -0.187. The summed E-state index contributed by atoms with van der Waals surface area (Å²) in [5, 5.41) is 2.78. The van der Waals surface area contributed by atoms with Gasteiger partial charge in [0.2, 0.25) is 5.88 Å². The highest BCUT2D eigenvalue weighted by Gasteiger charge is 2.34. The van der Waals surface area contributed by atoms with E-state index in [0.29, 0.717) is 25.4 Å². The van der Waals surface area contributed by atoms with E-state index >= 15 is 0 Å². The standard InChI is InChI=1S/C20H22F3N3O3/c1-2-3-10-28-16-7-5-15(6-8-16)25-19(27)26-12-17(13-26)29-18-9-4-14(11-24-18)20(21,22)23/h4-9,11,17H,2-3,10,12-13H2,1H3,(H,25,27). The van der Waals surface area contributed by atoms with E-state index in [9.17, 15) is 18.0 Å². The van der Waals surface area contributed by atoms with E-state index in [4.69, 9.17) is 9.47 Å². The number of nitrogens with zero attached hydrogens (tertiary/aromatic N) is 2. The number of pyridine rings is 1. The molecule has 9 heteroatoms. The second-order valence-corrected chi connectivity index (χ2v) is 6.68. The van der Waals surface area contributed by atoms with E-state index in [1.165, 1.54) is 6.07 Å². The van der Waals surface area contributed by atoms with E-state index < -0.39 is 11.7 Å². The van der Waals surface area contributed by atoms with Crippen LogP contribution in [0.15, 0.2) is 42.6 Å². The molecule has 0 atom stereocenters. The van der Waals surface area contributed by atoms with Crippen molar-refractivity contribution in [3.8, 4) is 11.6 Å². The number of unbranched alkanes of at least 4 members (excludes halogenated alkanes) is 1. The molecule has 6 nitrogen and oxygen atoms in total. The van der Waals surface area contributed by atoms with Crippen molar-refractivity contribution in [3.63, 3.8) is 0 Å². The molecule has 156 valence electrons. The zero-order chi connectivity index (χ0) is 20.9. The van der Waals surface area contributed by atoms with E-state index in [1.54, 1.807) is 29.2 Å². The molecule has 29 heavy (non-hydrogen) atoms. The highest BCUT2D eigenvalue weighted by atomic mass is 19.4. The molecular weight excluding hydrogens is 387 g/mol. The average molecular weight is 409 g/mol. The van der Waals surface area contributed by atoms with Crippen LogP contribution < -0.4 is 14.8 Å². The lowest BCUT2D eigenvalue weighted by molar-refractivity contribution is -0.137. The molecule has 1 aliphatic rings. The summed E-state index contributed by atoms with van der Waals surface area (Å²) in [5.74, 6) is 0.847. The van der Waals surface area contributed by atoms with Gasteiger partial charge in [-0.1, -0.05) is 13.3 Å². The molecule has 0 unspecified atom stereocenters. The Balaban J connectivity index is 1.42. The number of rotatable bonds is 7. The van der Waals surface area contributed by atoms with E-state index in [0.717, 1.165) is 30.9 Å². The predicted molar refractivity (Wildman–Crippen MR) is 101 cm³/mol. The second-order valence-electron chi connectivity index (χ2n) is 6.68. The number of benzene rings is 1. The first-order valence-corrected chi connectivity index (χ1v) is 9.34. The third kappa shape index (κ3) is 5.75. The monoisotopic (exact) mass is 409 g/mol. The van der Waals surface area contributed by atoms with Gasteiger partial charge in [0.15, 0.2) is 0 Å². The molecule has 0 aliphatic carbocycles. The molecule has 3 rings (SSSR count). The van der Waals surface area contributed by atoms with E-state index in [2.05, 4.69) is 17.2 Å². The average Bonchev–Trinajstić information content (AvgIpc) is 2.65. The SMILES string of the molecule is CCCCOc1ccc(NC(=O)N2CC(Oc3ccc(C(F)(F)F)cn3)C2)cc1. The van der Waals surface area contributed by atoms with Crippen molar-refractivity contribution < 1.29 is 27.4 Å². The molecule has 0 spiro atoms. The third-order valence-electron chi connectivity index (χ3n) is 4.36. The Labute approximate surface area is 166 Å². The number of anilines is 1. The molecule has 0 bridgehead atoms. The zero-order valence-corrected chi connectivity index (χ0v) is 15.9. The number of urea groups is 1. The maximum absolute atomic E-state index is 12.5. The van der Waals surface area contributed by atoms with Crippen molar-refractivity contribution in [3.05, 3.63) is 48.2 Å². The first-order valence-electron chi connectivity index (χ1n) is 9.34. The number of hydrogen-bond donors (Lipinski definition) is 1. The smallest absolute Gasteiger partial charge is 0.417 e. The highest BCUT2D eigenvalue weighted by Crippen LogP contribution is 2.29. The lowest BCUT2D eigenvalue weighted by Crippen LogP contribution is -2.57. The lowest BCUT2D eigenvalue weighted by atomic mass is 10.2. The highest BCUT2D eigenvalue weighted by molar-refractivity contribution is 5.90.